The number of carbonyl (C=O) groups is 1. The lowest BCUT2D eigenvalue weighted by atomic mass is 10.2. The van der Waals surface area contributed by atoms with Crippen molar-refractivity contribution < 1.29 is 9.53 Å². The van der Waals surface area contributed by atoms with Crippen molar-refractivity contribution in [3.8, 4) is 5.75 Å². The lowest BCUT2D eigenvalue weighted by molar-refractivity contribution is 0.0952. The van der Waals surface area contributed by atoms with Crippen molar-refractivity contribution in [1.29, 1.82) is 0 Å². The van der Waals surface area contributed by atoms with Crippen LogP contribution in [0.1, 0.15) is 55.3 Å². The molecule has 4 heteroatoms. The van der Waals surface area contributed by atoms with Crippen LogP contribution >= 0.6 is 0 Å². The summed E-state index contributed by atoms with van der Waals surface area (Å²) in [4.78, 5) is 14.7. The Morgan fingerprint density at radius 1 is 1.13 bits per heavy atom. The van der Waals surface area contributed by atoms with Gasteiger partial charge in [0.05, 0.1) is 7.11 Å². The second kappa shape index (κ2) is 10.3. The number of unbranched alkanes of at least 4 members (excludes halogenated alkanes) is 2. The highest BCUT2D eigenvalue weighted by molar-refractivity contribution is 5.94. The molecule has 0 spiro atoms. The molecule has 4 nitrogen and oxygen atoms in total. The molecule has 2 rings (SSSR count). The maximum Gasteiger partial charge on any atom is 0.251 e. The van der Waals surface area contributed by atoms with Gasteiger partial charge in [0.15, 0.2) is 0 Å². The first-order valence-corrected chi connectivity index (χ1v) is 8.94. The van der Waals surface area contributed by atoms with Crippen molar-refractivity contribution in [1.82, 2.24) is 10.2 Å². The van der Waals surface area contributed by atoms with Gasteiger partial charge < -0.3 is 15.0 Å². The average Bonchev–Trinajstić information content (AvgIpc) is 2.86. The Morgan fingerprint density at radius 3 is 2.65 bits per heavy atom. The molecule has 128 valence electrons. The van der Waals surface area contributed by atoms with Crippen molar-refractivity contribution in [2.45, 2.75) is 44.9 Å². The van der Waals surface area contributed by atoms with Crippen molar-refractivity contribution in [3.05, 3.63) is 29.8 Å². The molecule has 1 N–H and O–H groups in total. The summed E-state index contributed by atoms with van der Waals surface area (Å²) in [5.41, 5.74) is 0.661. The van der Waals surface area contributed by atoms with Crippen LogP contribution in [0.15, 0.2) is 24.3 Å². The first-order chi connectivity index (χ1) is 11.3. The number of carbonyl (C=O) groups excluding carboxylic acids is 1. The fourth-order valence-corrected chi connectivity index (χ4v) is 3.07. The Hall–Kier alpha value is -1.55. The number of hydrogen-bond acceptors (Lipinski definition) is 3. The van der Waals surface area contributed by atoms with E-state index in [9.17, 15) is 4.79 Å². The van der Waals surface area contributed by atoms with E-state index in [0.717, 1.165) is 18.7 Å². The van der Waals surface area contributed by atoms with E-state index in [2.05, 4.69) is 10.2 Å². The molecule has 1 saturated heterocycles. The molecule has 0 bridgehead atoms. The number of nitrogens with zero attached hydrogens (tertiary/aromatic N) is 1. The molecule has 1 aromatic carbocycles. The topological polar surface area (TPSA) is 41.6 Å². The van der Waals surface area contributed by atoms with Gasteiger partial charge in [-0.2, -0.15) is 0 Å². The Labute approximate surface area is 140 Å². The van der Waals surface area contributed by atoms with Crippen molar-refractivity contribution in [2.24, 2.45) is 0 Å². The van der Waals surface area contributed by atoms with Crippen LogP contribution in [0, 0.1) is 0 Å². The molecule has 23 heavy (non-hydrogen) atoms. The lowest BCUT2D eigenvalue weighted by Crippen LogP contribution is -2.26. The van der Waals surface area contributed by atoms with Gasteiger partial charge in [-0.15, -0.1) is 0 Å². The number of rotatable bonds is 8. The zero-order chi connectivity index (χ0) is 16.3. The minimum Gasteiger partial charge on any atom is -0.497 e. The summed E-state index contributed by atoms with van der Waals surface area (Å²) >= 11 is 0. The second-order valence-corrected chi connectivity index (χ2v) is 6.30. The van der Waals surface area contributed by atoms with E-state index in [-0.39, 0.29) is 5.91 Å². The molecule has 1 heterocycles. The highest BCUT2D eigenvalue weighted by Gasteiger charge is 2.08. The summed E-state index contributed by atoms with van der Waals surface area (Å²) in [5.74, 6) is 0.700. The maximum absolute atomic E-state index is 12.1. The van der Waals surface area contributed by atoms with Gasteiger partial charge in [-0.25, -0.2) is 0 Å². The molecular formula is C19H30N2O2. The number of methoxy groups -OCH3 is 1. The summed E-state index contributed by atoms with van der Waals surface area (Å²) in [6.45, 7) is 4.50. The van der Waals surface area contributed by atoms with E-state index in [1.165, 1.54) is 58.2 Å². The summed E-state index contributed by atoms with van der Waals surface area (Å²) in [6.07, 6.45) is 8.96. The van der Waals surface area contributed by atoms with E-state index in [1.54, 1.807) is 13.2 Å². The van der Waals surface area contributed by atoms with Crippen LogP contribution in [0.25, 0.3) is 0 Å². The minimum atomic E-state index is -0.0172. The molecule has 0 aromatic heterocycles. The molecule has 1 aliphatic rings. The molecule has 1 aromatic rings. The first kappa shape index (κ1) is 17.8. The van der Waals surface area contributed by atoms with E-state index in [1.807, 2.05) is 18.2 Å². The Bertz CT molecular complexity index is 468. The smallest absolute Gasteiger partial charge is 0.251 e. The monoisotopic (exact) mass is 318 g/mol. The van der Waals surface area contributed by atoms with Crippen LogP contribution in [-0.2, 0) is 0 Å². The number of likely N-dealkylation sites (tertiary alicyclic amines) is 1. The predicted octanol–water partition coefficient (Wildman–Crippen LogP) is 3.47. The molecule has 0 saturated carbocycles. The van der Waals surface area contributed by atoms with Gasteiger partial charge in [-0.3, -0.25) is 4.79 Å². The largest absolute Gasteiger partial charge is 0.497 e. The second-order valence-electron chi connectivity index (χ2n) is 6.30. The molecule has 1 amide bonds. The quantitative estimate of drug-likeness (QED) is 0.746. The summed E-state index contributed by atoms with van der Waals surface area (Å²) in [7, 11) is 1.61. The van der Waals surface area contributed by atoms with Gasteiger partial charge in [-0.1, -0.05) is 25.3 Å². The van der Waals surface area contributed by atoms with Crippen LogP contribution in [0.2, 0.25) is 0 Å². The SMILES string of the molecule is COc1cccc(C(=O)NCCCCCN2CCCCCC2)c1. The third kappa shape index (κ3) is 6.61. The Kier molecular flexibility index (Phi) is 7.95. The number of hydrogen-bond donors (Lipinski definition) is 1. The number of amides is 1. The molecule has 1 aliphatic heterocycles. The molecular weight excluding hydrogens is 288 g/mol. The van der Waals surface area contributed by atoms with E-state index >= 15 is 0 Å². The molecule has 0 aliphatic carbocycles. The fraction of sp³-hybridized carbons (Fsp3) is 0.632. The number of nitrogens with one attached hydrogen (secondary N) is 1. The van der Waals surface area contributed by atoms with Gasteiger partial charge in [0.25, 0.3) is 5.91 Å². The highest BCUT2D eigenvalue weighted by Crippen LogP contribution is 2.12. The zero-order valence-corrected chi connectivity index (χ0v) is 14.4. The summed E-state index contributed by atoms with van der Waals surface area (Å²) in [6, 6.07) is 7.28. The van der Waals surface area contributed by atoms with Crippen LogP contribution in [0.4, 0.5) is 0 Å². The van der Waals surface area contributed by atoms with E-state index in [0.29, 0.717) is 5.56 Å². The van der Waals surface area contributed by atoms with Gasteiger partial charge in [0, 0.05) is 12.1 Å². The number of benzene rings is 1. The van der Waals surface area contributed by atoms with Crippen molar-refractivity contribution in [2.75, 3.05) is 33.3 Å². The van der Waals surface area contributed by atoms with E-state index < -0.39 is 0 Å². The first-order valence-electron chi connectivity index (χ1n) is 8.94. The minimum absolute atomic E-state index is 0.0172. The summed E-state index contributed by atoms with van der Waals surface area (Å²) < 4.78 is 5.14. The third-order valence-electron chi connectivity index (χ3n) is 4.47. The van der Waals surface area contributed by atoms with Crippen LogP contribution in [-0.4, -0.2) is 44.1 Å². The fourth-order valence-electron chi connectivity index (χ4n) is 3.07. The standard InChI is InChI=1S/C19H30N2O2/c1-23-18-11-9-10-17(16-18)19(22)20-12-5-4-8-15-21-13-6-2-3-7-14-21/h9-11,16H,2-8,12-15H2,1H3,(H,20,22). The highest BCUT2D eigenvalue weighted by atomic mass is 16.5. The van der Waals surface area contributed by atoms with Gasteiger partial charge >= 0.3 is 0 Å². The third-order valence-corrected chi connectivity index (χ3v) is 4.47. The van der Waals surface area contributed by atoms with Crippen LogP contribution in [0.5, 0.6) is 5.75 Å². The van der Waals surface area contributed by atoms with Crippen molar-refractivity contribution in [3.63, 3.8) is 0 Å². The van der Waals surface area contributed by atoms with Crippen LogP contribution in [0.3, 0.4) is 0 Å². The number of ether oxygens (including phenoxy) is 1. The Morgan fingerprint density at radius 2 is 1.91 bits per heavy atom. The van der Waals surface area contributed by atoms with Gasteiger partial charge in [0.1, 0.15) is 5.75 Å². The molecule has 0 radical (unpaired) electrons. The predicted molar refractivity (Wildman–Crippen MR) is 94.1 cm³/mol. The average molecular weight is 318 g/mol. The molecule has 0 unspecified atom stereocenters. The van der Waals surface area contributed by atoms with Crippen LogP contribution < -0.4 is 10.1 Å². The van der Waals surface area contributed by atoms with Gasteiger partial charge in [0.2, 0.25) is 0 Å². The Balaban J connectivity index is 1.56. The van der Waals surface area contributed by atoms with Gasteiger partial charge in [-0.05, 0) is 63.5 Å². The van der Waals surface area contributed by atoms with Crippen molar-refractivity contribution >= 4 is 5.91 Å². The lowest BCUT2D eigenvalue weighted by Gasteiger charge is -2.19. The normalized spacial score (nSPS) is 15.9. The zero-order valence-electron chi connectivity index (χ0n) is 14.4. The summed E-state index contributed by atoms with van der Waals surface area (Å²) in [5, 5.41) is 2.99. The maximum atomic E-state index is 12.1. The van der Waals surface area contributed by atoms with E-state index in [4.69, 9.17) is 4.74 Å². The molecule has 0 atom stereocenters. The molecule has 1 fully saturated rings.